The van der Waals surface area contributed by atoms with E-state index in [0.29, 0.717) is 29.2 Å². The van der Waals surface area contributed by atoms with E-state index in [9.17, 15) is 4.79 Å². The number of hydrogen-bond acceptors (Lipinski definition) is 5. The quantitative estimate of drug-likeness (QED) is 0.838. The molecule has 2 aromatic carbocycles. The fourth-order valence-electron chi connectivity index (χ4n) is 2.39. The molecule has 0 aliphatic rings. The summed E-state index contributed by atoms with van der Waals surface area (Å²) in [6, 6.07) is 12.5. The van der Waals surface area contributed by atoms with Crippen LogP contribution >= 0.6 is 0 Å². The summed E-state index contributed by atoms with van der Waals surface area (Å²) < 4.78 is 15.9. The van der Waals surface area contributed by atoms with Crippen molar-refractivity contribution in [1.29, 1.82) is 5.26 Å². The van der Waals surface area contributed by atoms with E-state index in [1.807, 2.05) is 0 Å². The van der Waals surface area contributed by atoms with Gasteiger partial charge in [0.1, 0.15) is 17.2 Å². The average Bonchev–Trinajstić information content (AvgIpc) is 2.66. The first kappa shape index (κ1) is 18.1. The van der Waals surface area contributed by atoms with Gasteiger partial charge in [-0.3, -0.25) is 4.79 Å². The van der Waals surface area contributed by atoms with Crippen LogP contribution in [-0.4, -0.2) is 27.2 Å². The van der Waals surface area contributed by atoms with Crippen LogP contribution in [0.2, 0.25) is 0 Å². The van der Waals surface area contributed by atoms with Gasteiger partial charge in [0.15, 0.2) is 0 Å². The lowest BCUT2D eigenvalue weighted by Crippen LogP contribution is -2.23. The molecule has 0 aliphatic heterocycles. The van der Waals surface area contributed by atoms with E-state index in [1.165, 1.54) is 0 Å². The fraction of sp³-hybridized carbons (Fsp3) is 0.263. The topological polar surface area (TPSA) is 80.6 Å². The molecule has 2 aromatic rings. The molecule has 130 valence electrons. The Balaban J connectivity index is 2.14. The van der Waals surface area contributed by atoms with Crippen LogP contribution in [0, 0.1) is 11.3 Å². The second kappa shape index (κ2) is 8.60. The van der Waals surface area contributed by atoms with Crippen molar-refractivity contribution in [3.8, 4) is 23.3 Å². The molecule has 0 fully saturated rings. The number of benzene rings is 2. The molecule has 0 unspecified atom stereocenters. The minimum atomic E-state index is -0.219. The average molecular weight is 340 g/mol. The van der Waals surface area contributed by atoms with Gasteiger partial charge in [-0.15, -0.1) is 0 Å². The van der Waals surface area contributed by atoms with Gasteiger partial charge in [0.2, 0.25) is 0 Å². The molecule has 0 spiro atoms. The number of nitrogens with zero attached hydrogens (tertiary/aromatic N) is 1. The maximum atomic E-state index is 12.3. The third kappa shape index (κ3) is 4.42. The fourth-order valence-corrected chi connectivity index (χ4v) is 2.39. The van der Waals surface area contributed by atoms with Crippen molar-refractivity contribution in [2.24, 2.45) is 0 Å². The molecular weight excluding hydrogens is 320 g/mol. The first-order valence-corrected chi connectivity index (χ1v) is 7.66. The third-order valence-corrected chi connectivity index (χ3v) is 3.74. The van der Waals surface area contributed by atoms with Crippen molar-refractivity contribution in [2.75, 3.05) is 21.3 Å². The number of rotatable bonds is 7. The normalized spacial score (nSPS) is 9.84. The van der Waals surface area contributed by atoms with E-state index in [4.69, 9.17) is 19.5 Å². The van der Waals surface area contributed by atoms with Gasteiger partial charge >= 0.3 is 0 Å². The number of nitrogens with one attached hydrogen (secondary N) is 1. The molecule has 1 N–H and O–H groups in total. The maximum absolute atomic E-state index is 12.3. The summed E-state index contributed by atoms with van der Waals surface area (Å²) in [5.74, 6) is 1.53. The second-order valence-corrected chi connectivity index (χ2v) is 5.22. The Morgan fingerprint density at radius 2 is 1.64 bits per heavy atom. The van der Waals surface area contributed by atoms with Crippen molar-refractivity contribution < 1.29 is 19.0 Å². The van der Waals surface area contributed by atoms with Crippen molar-refractivity contribution in [2.45, 2.75) is 13.0 Å². The van der Waals surface area contributed by atoms with Crippen LogP contribution in [0.4, 0.5) is 0 Å². The second-order valence-electron chi connectivity index (χ2n) is 5.22. The van der Waals surface area contributed by atoms with Crippen LogP contribution in [0.5, 0.6) is 17.2 Å². The number of ether oxygens (including phenoxy) is 3. The Hall–Kier alpha value is -3.20. The van der Waals surface area contributed by atoms with Gasteiger partial charge in [-0.05, 0) is 17.7 Å². The minimum absolute atomic E-state index is 0.219. The van der Waals surface area contributed by atoms with Crippen molar-refractivity contribution in [3.05, 3.63) is 53.1 Å². The molecule has 1 amide bonds. The lowest BCUT2D eigenvalue weighted by molar-refractivity contribution is 0.0950. The van der Waals surface area contributed by atoms with Crippen LogP contribution < -0.4 is 19.5 Å². The smallest absolute Gasteiger partial charge is 0.251 e. The molecular formula is C19H20N2O4. The van der Waals surface area contributed by atoms with E-state index >= 15 is 0 Å². The lowest BCUT2D eigenvalue weighted by Gasteiger charge is -2.15. The standard InChI is InChI=1S/C19H20N2O4/c1-23-15-10-17(24-2)16(18(11-15)25-3)12-21-19(22)14-6-4-13(5-7-14)8-9-20/h4-7,10-11H,8,12H2,1-3H3,(H,21,22). The van der Waals surface area contributed by atoms with Gasteiger partial charge in [-0.1, -0.05) is 12.1 Å². The predicted molar refractivity (Wildman–Crippen MR) is 93.0 cm³/mol. The molecule has 6 heteroatoms. The van der Waals surface area contributed by atoms with Gasteiger partial charge in [0, 0.05) is 17.7 Å². The van der Waals surface area contributed by atoms with E-state index in [0.717, 1.165) is 11.1 Å². The van der Waals surface area contributed by atoms with Crippen molar-refractivity contribution in [1.82, 2.24) is 5.32 Å². The summed E-state index contributed by atoms with van der Waals surface area (Å²) in [5, 5.41) is 11.5. The van der Waals surface area contributed by atoms with Gasteiger partial charge < -0.3 is 19.5 Å². The Kier molecular flexibility index (Phi) is 6.24. The molecule has 0 saturated heterocycles. The molecule has 2 rings (SSSR count). The highest BCUT2D eigenvalue weighted by molar-refractivity contribution is 5.94. The highest BCUT2D eigenvalue weighted by atomic mass is 16.5. The summed E-state index contributed by atoms with van der Waals surface area (Å²) in [5.41, 5.74) is 2.12. The Morgan fingerprint density at radius 1 is 1.04 bits per heavy atom. The van der Waals surface area contributed by atoms with E-state index in [2.05, 4.69) is 11.4 Å². The third-order valence-electron chi connectivity index (χ3n) is 3.74. The van der Waals surface area contributed by atoms with Crippen molar-refractivity contribution in [3.63, 3.8) is 0 Å². The highest BCUT2D eigenvalue weighted by Crippen LogP contribution is 2.33. The summed E-state index contributed by atoms with van der Waals surface area (Å²) in [4.78, 5) is 12.3. The van der Waals surface area contributed by atoms with Gasteiger partial charge in [0.05, 0.1) is 45.9 Å². The molecule has 25 heavy (non-hydrogen) atoms. The molecule has 0 saturated carbocycles. The van der Waals surface area contributed by atoms with E-state index < -0.39 is 0 Å². The van der Waals surface area contributed by atoms with Crippen LogP contribution in [0.25, 0.3) is 0 Å². The predicted octanol–water partition coefficient (Wildman–Crippen LogP) is 2.71. The Morgan fingerprint density at radius 3 is 2.12 bits per heavy atom. The molecule has 6 nitrogen and oxygen atoms in total. The number of amides is 1. The Labute approximate surface area is 146 Å². The SMILES string of the molecule is COc1cc(OC)c(CNC(=O)c2ccc(CC#N)cc2)c(OC)c1. The summed E-state index contributed by atoms with van der Waals surface area (Å²) >= 11 is 0. The largest absolute Gasteiger partial charge is 0.496 e. The zero-order valence-electron chi connectivity index (χ0n) is 14.5. The Bertz CT molecular complexity index is 754. The molecule has 0 bridgehead atoms. The number of carbonyl (C=O) groups is 1. The lowest BCUT2D eigenvalue weighted by atomic mass is 10.1. The number of carbonyl (C=O) groups excluding carboxylic acids is 1. The minimum Gasteiger partial charge on any atom is -0.496 e. The van der Waals surface area contributed by atoms with E-state index in [-0.39, 0.29) is 12.5 Å². The number of methoxy groups -OCH3 is 3. The summed E-state index contributed by atoms with van der Waals surface area (Å²) in [6.45, 7) is 0.245. The van der Waals surface area contributed by atoms with Crippen LogP contribution in [0.3, 0.4) is 0 Å². The highest BCUT2D eigenvalue weighted by Gasteiger charge is 2.15. The zero-order chi connectivity index (χ0) is 18.2. The summed E-state index contributed by atoms with van der Waals surface area (Å²) in [7, 11) is 4.66. The number of hydrogen-bond donors (Lipinski definition) is 1. The molecule has 0 radical (unpaired) electrons. The first-order valence-electron chi connectivity index (χ1n) is 7.66. The van der Waals surface area contributed by atoms with E-state index in [1.54, 1.807) is 57.7 Å². The van der Waals surface area contributed by atoms with Gasteiger partial charge in [0.25, 0.3) is 5.91 Å². The van der Waals surface area contributed by atoms with Crippen LogP contribution in [0.1, 0.15) is 21.5 Å². The van der Waals surface area contributed by atoms with Crippen LogP contribution in [0.15, 0.2) is 36.4 Å². The van der Waals surface area contributed by atoms with Crippen LogP contribution in [-0.2, 0) is 13.0 Å². The zero-order valence-corrected chi connectivity index (χ0v) is 14.5. The molecule has 0 atom stereocenters. The molecule has 0 aliphatic carbocycles. The summed E-state index contributed by atoms with van der Waals surface area (Å²) in [6.07, 6.45) is 0.322. The maximum Gasteiger partial charge on any atom is 0.251 e. The van der Waals surface area contributed by atoms with Crippen molar-refractivity contribution >= 4 is 5.91 Å². The first-order chi connectivity index (χ1) is 12.1. The molecule has 0 heterocycles. The monoisotopic (exact) mass is 340 g/mol. The van der Waals surface area contributed by atoms with Gasteiger partial charge in [-0.2, -0.15) is 5.26 Å². The number of nitriles is 1. The van der Waals surface area contributed by atoms with Gasteiger partial charge in [-0.25, -0.2) is 0 Å². The molecule has 0 aromatic heterocycles.